The summed E-state index contributed by atoms with van der Waals surface area (Å²) in [6.07, 6.45) is 0.118. The number of aromatic nitrogens is 2. The number of anilines is 2. The molecule has 6 rings (SSSR count). The van der Waals surface area contributed by atoms with Crippen LogP contribution >= 0.6 is 0 Å². The second-order valence-electron chi connectivity index (χ2n) is 10.7. The molecule has 41 heavy (non-hydrogen) atoms. The van der Waals surface area contributed by atoms with Crippen LogP contribution in [0.1, 0.15) is 29.8 Å². The van der Waals surface area contributed by atoms with Crippen LogP contribution in [0.25, 0.3) is 11.0 Å². The number of hydrogen-bond acceptors (Lipinski definition) is 6. The number of carbonyl (C=O) groups excluding carboxylic acids is 1. The Kier molecular flexibility index (Phi) is 6.54. The summed E-state index contributed by atoms with van der Waals surface area (Å²) in [4.78, 5) is 37.7. The van der Waals surface area contributed by atoms with Crippen molar-refractivity contribution in [2.24, 2.45) is 7.05 Å². The predicted molar refractivity (Wildman–Crippen MR) is 152 cm³/mol. The topological polar surface area (TPSA) is 85.5 Å². The zero-order chi connectivity index (χ0) is 29.0. The van der Waals surface area contributed by atoms with Gasteiger partial charge < -0.3 is 14.4 Å². The number of likely N-dealkylation sites (N-methyl/N-ethyl adjacent to an activating group) is 1. The van der Waals surface area contributed by atoms with Crippen LogP contribution in [0.4, 0.5) is 20.2 Å². The molecule has 2 atom stereocenters. The van der Waals surface area contributed by atoms with Crippen LogP contribution in [0.5, 0.6) is 0 Å². The molecule has 0 bridgehead atoms. The highest BCUT2D eigenvalue weighted by Gasteiger charge is 2.46. The van der Waals surface area contributed by atoms with Gasteiger partial charge in [-0.2, -0.15) is 5.26 Å². The Bertz CT molecular complexity index is 1720. The van der Waals surface area contributed by atoms with E-state index in [-0.39, 0.29) is 47.3 Å². The average Bonchev–Trinajstić information content (AvgIpc) is 2.96. The highest BCUT2D eigenvalue weighted by molar-refractivity contribution is 6.10. The summed E-state index contributed by atoms with van der Waals surface area (Å²) in [5, 5.41) is 9.27. The number of nitriles is 1. The maximum absolute atomic E-state index is 13.9. The quantitative estimate of drug-likeness (QED) is 0.380. The molecule has 0 N–H and O–H groups in total. The molecule has 0 spiro atoms. The maximum Gasteiger partial charge on any atom is 0.277 e. The van der Waals surface area contributed by atoms with Gasteiger partial charge in [0.15, 0.2) is 0 Å². The minimum atomic E-state index is -0.635. The molecule has 1 amide bonds. The molecule has 2 aromatic carbocycles. The van der Waals surface area contributed by atoms with Gasteiger partial charge >= 0.3 is 0 Å². The number of piperazine rings is 1. The number of benzene rings is 2. The lowest BCUT2D eigenvalue weighted by Gasteiger charge is -2.52. The first-order valence-electron chi connectivity index (χ1n) is 13.4. The number of fused-ring (bicyclic) bond motifs is 5. The molecule has 0 saturated carbocycles. The van der Waals surface area contributed by atoms with Gasteiger partial charge in [-0.1, -0.05) is 24.3 Å². The van der Waals surface area contributed by atoms with E-state index in [1.54, 1.807) is 50.5 Å². The fourth-order valence-electron chi connectivity index (χ4n) is 6.19. The summed E-state index contributed by atoms with van der Waals surface area (Å²) in [5.74, 6) is -0.945. The maximum atomic E-state index is 13.9. The van der Waals surface area contributed by atoms with Crippen molar-refractivity contribution in [3.05, 3.63) is 99.5 Å². The van der Waals surface area contributed by atoms with E-state index >= 15 is 0 Å². The predicted octanol–water partition coefficient (Wildman–Crippen LogP) is 3.92. The molecule has 4 aromatic rings. The summed E-state index contributed by atoms with van der Waals surface area (Å²) in [6, 6.07) is 17.0. The molecule has 10 heteroatoms. The van der Waals surface area contributed by atoms with Crippen molar-refractivity contribution in [2.45, 2.75) is 31.5 Å². The second-order valence-corrected chi connectivity index (χ2v) is 10.7. The molecule has 0 aliphatic carbocycles. The number of hydrogen-bond donors (Lipinski definition) is 0. The van der Waals surface area contributed by atoms with Crippen molar-refractivity contribution in [3.8, 4) is 6.07 Å². The zero-order valence-electron chi connectivity index (χ0n) is 22.9. The van der Waals surface area contributed by atoms with E-state index in [4.69, 9.17) is 4.98 Å². The fraction of sp³-hybridized carbons (Fsp3) is 0.290. The molecular weight excluding hydrogens is 526 g/mol. The SMILES string of the molecule is C[C@@H]1CN2c3c(c(=O)n(C)c4ccc(CC#N)nc34)N(C)C(=O)[C@H]2CN1C(c1ccc(F)cc1)c1ccc(F)cc1. The minimum absolute atomic E-state index is 0.118. The molecule has 2 aliphatic heterocycles. The Labute approximate surface area is 235 Å². The standard InChI is InChI=1S/C31H28F2N6O2/c1-18-16-39-25(17-38(18)27(19-4-8-21(32)9-5-19)20-6-10-22(33)11-7-20)30(40)37(3)29-28(39)26-24(36(2)31(29)41)13-12-23(35-26)14-15-34/h4-13,18,25,27H,14,16-17H2,1-3H3/t18-,25-/m1/s1. The van der Waals surface area contributed by atoms with Crippen molar-refractivity contribution in [2.75, 3.05) is 29.9 Å². The third-order valence-corrected chi connectivity index (χ3v) is 8.24. The lowest BCUT2D eigenvalue weighted by atomic mass is 9.92. The van der Waals surface area contributed by atoms with E-state index in [0.29, 0.717) is 35.5 Å². The number of carbonyl (C=O) groups is 1. The Morgan fingerprint density at radius 2 is 1.54 bits per heavy atom. The molecule has 4 heterocycles. The lowest BCUT2D eigenvalue weighted by molar-refractivity contribution is -0.121. The van der Waals surface area contributed by atoms with Crippen molar-refractivity contribution >= 4 is 28.3 Å². The normalized spacial score (nSPS) is 18.9. The summed E-state index contributed by atoms with van der Waals surface area (Å²) in [6.45, 7) is 2.75. The number of rotatable bonds is 4. The molecule has 2 aromatic heterocycles. The third kappa shape index (κ3) is 4.33. The Balaban J connectivity index is 1.49. The van der Waals surface area contributed by atoms with Gasteiger partial charge in [0.25, 0.3) is 11.5 Å². The van der Waals surface area contributed by atoms with Crippen molar-refractivity contribution in [1.29, 1.82) is 5.26 Å². The van der Waals surface area contributed by atoms with E-state index in [0.717, 1.165) is 11.1 Å². The number of pyridine rings is 2. The van der Waals surface area contributed by atoms with Gasteiger partial charge in [-0.25, -0.2) is 13.8 Å². The first-order valence-corrected chi connectivity index (χ1v) is 13.4. The van der Waals surface area contributed by atoms with Crippen LogP contribution in [-0.4, -0.2) is 52.6 Å². The Hall–Kier alpha value is -4.62. The highest BCUT2D eigenvalue weighted by Crippen LogP contribution is 2.42. The van der Waals surface area contributed by atoms with Crippen LogP contribution < -0.4 is 15.4 Å². The molecule has 8 nitrogen and oxygen atoms in total. The molecule has 1 saturated heterocycles. The lowest BCUT2D eigenvalue weighted by Crippen LogP contribution is -2.66. The number of aryl methyl sites for hydroxylation is 1. The molecule has 208 valence electrons. The number of nitrogens with zero attached hydrogens (tertiary/aromatic N) is 6. The second kappa shape index (κ2) is 10.1. The van der Waals surface area contributed by atoms with Crippen LogP contribution in [0.3, 0.4) is 0 Å². The third-order valence-electron chi connectivity index (χ3n) is 8.24. The van der Waals surface area contributed by atoms with Gasteiger partial charge in [0.05, 0.1) is 35.4 Å². The fourth-order valence-corrected chi connectivity index (χ4v) is 6.19. The minimum Gasteiger partial charge on any atom is -0.353 e. The van der Waals surface area contributed by atoms with Crippen molar-refractivity contribution < 1.29 is 13.6 Å². The smallest absolute Gasteiger partial charge is 0.277 e. The zero-order valence-corrected chi connectivity index (χ0v) is 22.9. The van der Waals surface area contributed by atoms with E-state index in [2.05, 4.69) is 11.0 Å². The van der Waals surface area contributed by atoms with E-state index in [1.165, 1.54) is 33.7 Å². The van der Waals surface area contributed by atoms with Crippen LogP contribution in [0.2, 0.25) is 0 Å². The average molecular weight is 555 g/mol. The van der Waals surface area contributed by atoms with Crippen molar-refractivity contribution in [3.63, 3.8) is 0 Å². The first-order chi connectivity index (χ1) is 19.7. The Morgan fingerprint density at radius 3 is 2.12 bits per heavy atom. The van der Waals surface area contributed by atoms with E-state index in [9.17, 15) is 23.6 Å². The van der Waals surface area contributed by atoms with E-state index < -0.39 is 6.04 Å². The summed E-state index contributed by atoms with van der Waals surface area (Å²) >= 11 is 0. The highest BCUT2D eigenvalue weighted by atomic mass is 19.1. The first kappa shape index (κ1) is 26.6. The Morgan fingerprint density at radius 1 is 0.927 bits per heavy atom. The van der Waals surface area contributed by atoms with Crippen LogP contribution in [-0.2, 0) is 18.3 Å². The summed E-state index contributed by atoms with van der Waals surface area (Å²) in [5.41, 5.74) is 3.93. The molecule has 2 aliphatic rings. The van der Waals surface area contributed by atoms with Gasteiger partial charge in [-0.3, -0.25) is 14.5 Å². The van der Waals surface area contributed by atoms with Crippen LogP contribution in [0.15, 0.2) is 65.5 Å². The van der Waals surface area contributed by atoms with Crippen molar-refractivity contribution in [1.82, 2.24) is 14.5 Å². The van der Waals surface area contributed by atoms with Gasteiger partial charge in [-0.05, 0) is 54.4 Å². The van der Waals surface area contributed by atoms with Gasteiger partial charge in [0.2, 0.25) is 0 Å². The van der Waals surface area contributed by atoms with Gasteiger partial charge in [0, 0.05) is 33.2 Å². The molecule has 0 unspecified atom stereocenters. The molecular formula is C31H28F2N6O2. The number of halogens is 2. The summed E-state index contributed by atoms with van der Waals surface area (Å²) < 4.78 is 29.2. The largest absolute Gasteiger partial charge is 0.353 e. The van der Waals surface area contributed by atoms with E-state index in [1.807, 2.05) is 11.8 Å². The molecule has 0 radical (unpaired) electrons. The van der Waals surface area contributed by atoms with Crippen LogP contribution in [0, 0.1) is 23.0 Å². The van der Waals surface area contributed by atoms with Gasteiger partial charge in [0.1, 0.15) is 28.9 Å². The van der Waals surface area contributed by atoms with Gasteiger partial charge in [-0.15, -0.1) is 0 Å². The summed E-state index contributed by atoms with van der Waals surface area (Å²) in [7, 11) is 3.25. The molecule has 1 fully saturated rings. The number of amides is 1. The monoisotopic (exact) mass is 554 g/mol.